The minimum Gasteiger partial charge on any atom is -0.481 e. The second-order valence-corrected chi connectivity index (χ2v) is 11.0. The van der Waals surface area contributed by atoms with Crippen LogP contribution in [0.4, 0.5) is 0 Å². The highest BCUT2D eigenvalue weighted by Crippen LogP contribution is 2.04. The molecule has 50 heavy (non-hydrogen) atoms. The summed E-state index contributed by atoms with van der Waals surface area (Å²) in [4.78, 5) is 121. The van der Waals surface area contributed by atoms with Gasteiger partial charge in [0, 0.05) is 12.2 Å². The standard InChI is InChI=1S/C26H41N7O16S/c1-9(28-23(45)13(6-18(40)41)30-24(46)14(7-34)31-21(43)11(27)5-17(38)39)20(42)29-12(3-4-16(36)37)22(44)33-19(10(2)35)25(47)32-15(8-50)26(48)49/h9-15,19,34-35,50H,3-8,27H2,1-2H3,(H,28,45)(H,29,42)(H,30,46)(H,31,43)(H,32,47)(H,33,44)(H,36,37)(H,38,39)(H,40,41)(H,48,49)/t9-,10+,11-,12-,13-,14-,15-,19-/m0/s1. The number of aliphatic carboxylic acids is 4. The largest absolute Gasteiger partial charge is 0.481 e. The number of rotatable bonds is 23. The Morgan fingerprint density at radius 1 is 0.600 bits per heavy atom. The number of nitrogens with two attached hydrogens (primary N) is 1. The van der Waals surface area contributed by atoms with E-state index in [1.807, 2.05) is 16.0 Å². The first-order valence-electron chi connectivity index (χ1n) is 14.5. The number of aliphatic hydroxyl groups is 2. The second kappa shape index (κ2) is 21.8. The molecule has 6 amide bonds. The fourth-order valence-corrected chi connectivity index (χ4v) is 3.98. The van der Waals surface area contributed by atoms with Crippen LogP contribution in [0.3, 0.4) is 0 Å². The number of hydrogen-bond acceptors (Lipinski definition) is 14. The van der Waals surface area contributed by atoms with E-state index in [-0.39, 0.29) is 5.75 Å². The Morgan fingerprint density at radius 3 is 1.54 bits per heavy atom. The van der Waals surface area contributed by atoms with Gasteiger partial charge in [-0.05, 0) is 20.3 Å². The van der Waals surface area contributed by atoms with Gasteiger partial charge in [0.15, 0.2) is 0 Å². The molecule has 0 aliphatic rings. The Morgan fingerprint density at radius 2 is 1.08 bits per heavy atom. The molecule has 14 N–H and O–H groups in total. The molecule has 0 aromatic rings. The fraction of sp³-hybridized carbons (Fsp3) is 0.615. The van der Waals surface area contributed by atoms with Crippen molar-refractivity contribution in [1.29, 1.82) is 0 Å². The summed E-state index contributed by atoms with van der Waals surface area (Å²) in [5.41, 5.74) is 5.40. The van der Waals surface area contributed by atoms with Gasteiger partial charge in [0.05, 0.1) is 31.6 Å². The molecule has 282 valence electrons. The number of carboxylic acids is 4. The highest BCUT2D eigenvalue weighted by Gasteiger charge is 2.34. The molecule has 0 saturated heterocycles. The third kappa shape index (κ3) is 16.4. The number of amides is 6. The molecule has 23 nitrogen and oxygen atoms in total. The Hall–Kier alpha value is -5.07. The van der Waals surface area contributed by atoms with Crippen LogP contribution in [0.1, 0.15) is 39.5 Å². The number of carbonyl (C=O) groups excluding carboxylic acids is 6. The molecule has 0 rings (SSSR count). The van der Waals surface area contributed by atoms with Gasteiger partial charge in [-0.15, -0.1) is 0 Å². The van der Waals surface area contributed by atoms with Crippen LogP contribution in [0.15, 0.2) is 0 Å². The molecule has 0 heterocycles. The molecule has 0 unspecified atom stereocenters. The number of hydrogen-bond donors (Lipinski definition) is 14. The van der Waals surface area contributed by atoms with Crippen molar-refractivity contribution in [1.82, 2.24) is 31.9 Å². The van der Waals surface area contributed by atoms with Crippen LogP contribution in [-0.2, 0) is 47.9 Å². The van der Waals surface area contributed by atoms with Crippen LogP contribution in [0.5, 0.6) is 0 Å². The van der Waals surface area contributed by atoms with Gasteiger partial charge in [-0.3, -0.25) is 43.2 Å². The lowest BCUT2D eigenvalue weighted by molar-refractivity contribution is -0.143. The predicted molar refractivity (Wildman–Crippen MR) is 167 cm³/mol. The molecule has 0 bridgehead atoms. The monoisotopic (exact) mass is 739 g/mol. The lowest BCUT2D eigenvalue weighted by Crippen LogP contribution is -2.61. The van der Waals surface area contributed by atoms with Crippen molar-refractivity contribution < 1.29 is 78.6 Å². The zero-order chi connectivity index (χ0) is 38.9. The average Bonchev–Trinajstić information content (AvgIpc) is 3.00. The third-order valence-electron chi connectivity index (χ3n) is 6.45. The van der Waals surface area contributed by atoms with Gasteiger partial charge in [0.1, 0.15) is 36.3 Å². The van der Waals surface area contributed by atoms with Gasteiger partial charge < -0.3 is 68.3 Å². The van der Waals surface area contributed by atoms with Gasteiger partial charge >= 0.3 is 23.9 Å². The Labute approximate surface area is 288 Å². The van der Waals surface area contributed by atoms with Crippen molar-refractivity contribution in [2.45, 2.75) is 87.9 Å². The van der Waals surface area contributed by atoms with Crippen LogP contribution < -0.4 is 37.6 Å². The topological polar surface area (TPSA) is 390 Å². The van der Waals surface area contributed by atoms with E-state index in [2.05, 4.69) is 28.6 Å². The van der Waals surface area contributed by atoms with Crippen LogP contribution in [0.2, 0.25) is 0 Å². The zero-order valence-corrected chi connectivity index (χ0v) is 27.5. The predicted octanol–water partition coefficient (Wildman–Crippen LogP) is -6.56. The normalized spacial score (nSPS) is 15.6. The van der Waals surface area contributed by atoms with E-state index in [1.54, 1.807) is 0 Å². The van der Waals surface area contributed by atoms with E-state index in [4.69, 9.17) is 21.1 Å². The van der Waals surface area contributed by atoms with Gasteiger partial charge in [0.25, 0.3) is 0 Å². The number of carboxylic acid groups (broad SMARTS) is 4. The lowest BCUT2D eigenvalue weighted by Gasteiger charge is -2.26. The van der Waals surface area contributed by atoms with Crippen LogP contribution in [0, 0.1) is 0 Å². The van der Waals surface area contributed by atoms with Crippen molar-refractivity contribution in [3.63, 3.8) is 0 Å². The molecule has 0 fully saturated rings. The maximum absolute atomic E-state index is 13.0. The maximum Gasteiger partial charge on any atom is 0.327 e. The minimum atomic E-state index is -1.93. The highest BCUT2D eigenvalue weighted by atomic mass is 32.1. The third-order valence-corrected chi connectivity index (χ3v) is 6.82. The van der Waals surface area contributed by atoms with E-state index in [1.165, 1.54) is 0 Å². The first kappa shape index (κ1) is 44.9. The van der Waals surface area contributed by atoms with Crippen molar-refractivity contribution in [2.75, 3.05) is 12.4 Å². The van der Waals surface area contributed by atoms with Crippen LogP contribution in [-0.4, -0.2) is 151 Å². The minimum absolute atomic E-state index is 0.360. The fourth-order valence-electron chi connectivity index (χ4n) is 3.73. The molecule has 0 aromatic heterocycles. The van der Waals surface area contributed by atoms with Crippen LogP contribution in [0.25, 0.3) is 0 Å². The molecule has 0 spiro atoms. The summed E-state index contributed by atoms with van der Waals surface area (Å²) in [6.45, 7) is 1.03. The summed E-state index contributed by atoms with van der Waals surface area (Å²) < 4.78 is 0. The number of thiol groups is 1. The number of carbonyl (C=O) groups is 10. The first-order valence-corrected chi connectivity index (χ1v) is 15.1. The van der Waals surface area contributed by atoms with E-state index in [0.29, 0.717) is 0 Å². The molecular formula is C26H41N7O16S. The quantitative estimate of drug-likeness (QED) is 0.0433. The maximum atomic E-state index is 13.0. The lowest BCUT2D eigenvalue weighted by atomic mass is 10.1. The molecule has 0 aliphatic carbocycles. The molecule has 24 heteroatoms. The molecule has 0 radical (unpaired) electrons. The smallest absolute Gasteiger partial charge is 0.327 e. The number of nitrogens with one attached hydrogen (secondary N) is 6. The van der Waals surface area contributed by atoms with Crippen LogP contribution >= 0.6 is 12.6 Å². The van der Waals surface area contributed by atoms with E-state index in [0.717, 1.165) is 13.8 Å². The summed E-state index contributed by atoms with van der Waals surface area (Å²) in [5.74, 6) is -13.6. The van der Waals surface area contributed by atoms with Crippen molar-refractivity contribution >= 4 is 71.9 Å². The van der Waals surface area contributed by atoms with Gasteiger partial charge in [0.2, 0.25) is 35.4 Å². The molecule has 0 saturated carbocycles. The molecular weight excluding hydrogens is 698 g/mol. The Kier molecular flexibility index (Phi) is 19.6. The summed E-state index contributed by atoms with van der Waals surface area (Å²) in [7, 11) is 0. The first-order chi connectivity index (χ1) is 23.1. The second-order valence-electron chi connectivity index (χ2n) is 10.6. The van der Waals surface area contributed by atoms with E-state index in [9.17, 15) is 63.3 Å². The zero-order valence-electron chi connectivity index (χ0n) is 26.7. The highest BCUT2D eigenvalue weighted by molar-refractivity contribution is 7.80. The van der Waals surface area contributed by atoms with Gasteiger partial charge in [-0.1, -0.05) is 0 Å². The van der Waals surface area contributed by atoms with Crippen molar-refractivity contribution in [3.05, 3.63) is 0 Å². The van der Waals surface area contributed by atoms with E-state index >= 15 is 0 Å². The summed E-state index contributed by atoms with van der Waals surface area (Å²) in [6.07, 6.45) is -4.84. The average molecular weight is 740 g/mol. The summed E-state index contributed by atoms with van der Waals surface area (Å²) in [5, 5.41) is 68.0. The Balaban J connectivity index is 5.83. The van der Waals surface area contributed by atoms with Gasteiger partial charge in [-0.25, -0.2) is 4.79 Å². The SMILES string of the molecule is C[C@H](NC(=O)[C@H](CC(=O)O)NC(=O)[C@H](CO)NC(=O)[C@@H](N)CC(=O)O)C(=O)N[C@@H](CCC(=O)O)C(=O)N[C@H](C(=O)N[C@@H](CS)C(=O)O)[C@@H](C)O. The van der Waals surface area contributed by atoms with Crippen molar-refractivity contribution in [3.8, 4) is 0 Å². The summed E-state index contributed by atoms with van der Waals surface area (Å²) in [6, 6.07) is -12.0. The van der Waals surface area contributed by atoms with E-state index < -0.39 is 140 Å². The molecule has 0 aliphatic heterocycles. The number of aliphatic hydroxyl groups excluding tert-OH is 2. The molecule has 8 atom stereocenters. The Bertz CT molecular complexity index is 1300. The van der Waals surface area contributed by atoms with Gasteiger partial charge in [-0.2, -0.15) is 12.6 Å². The van der Waals surface area contributed by atoms with Crippen molar-refractivity contribution in [2.24, 2.45) is 5.73 Å². The summed E-state index contributed by atoms with van der Waals surface area (Å²) >= 11 is 3.79. The molecule has 0 aromatic carbocycles.